The Balaban J connectivity index is 1.66. The first-order chi connectivity index (χ1) is 12.4. The molecular weight excluding hydrogens is 348 g/mol. The van der Waals surface area contributed by atoms with Crippen LogP contribution in [0, 0.1) is 11.7 Å². The van der Waals surface area contributed by atoms with E-state index in [1.54, 1.807) is 17.0 Å². The zero-order chi connectivity index (χ0) is 18.7. The standard InChI is InChI=1S/C18H20F4N4/c19-15-9-17(26-7-5-13(6-8-26)18(20,21)22)24-11-16(15)25-14-3-1-12(10-23)2-4-14/h1-4,9,11,13,25H,5-8,10,23H2. The predicted octanol–water partition coefficient (Wildman–Crippen LogP) is 4.20. The number of pyridine rings is 1. The number of anilines is 3. The molecule has 1 aliphatic rings. The third kappa shape index (κ3) is 4.24. The summed E-state index contributed by atoms with van der Waals surface area (Å²) in [4.78, 5) is 5.89. The molecule has 0 radical (unpaired) electrons. The van der Waals surface area contributed by atoms with Gasteiger partial charge in [0.1, 0.15) is 5.82 Å². The summed E-state index contributed by atoms with van der Waals surface area (Å²) in [6.07, 6.45) is -2.81. The normalized spacial score (nSPS) is 16.0. The SMILES string of the molecule is NCc1ccc(Nc2cnc(N3CCC(C(F)(F)F)CC3)cc2F)cc1. The fourth-order valence-electron chi connectivity index (χ4n) is 3.00. The van der Waals surface area contributed by atoms with Gasteiger partial charge in [0, 0.05) is 31.4 Å². The van der Waals surface area contributed by atoms with Gasteiger partial charge in [-0.05, 0) is 30.5 Å². The molecule has 3 N–H and O–H groups in total. The zero-order valence-electron chi connectivity index (χ0n) is 14.1. The molecule has 3 rings (SSSR count). The lowest BCUT2D eigenvalue weighted by atomic mass is 9.96. The van der Waals surface area contributed by atoms with Crippen molar-refractivity contribution in [2.24, 2.45) is 11.7 Å². The summed E-state index contributed by atoms with van der Waals surface area (Å²) in [7, 11) is 0. The number of nitrogens with one attached hydrogen (secondary N) is 1. The van der Waals surface area contributed by atoms with E-state index in [-0.39, 0.29) is 31.6 Å². The van der Waals surface area contributed by atoms with Crippen LogP contribution in [-0.2, 0) is 6.54 Å². The van der Waals surface area contributed by atoms with Crippen molar-refractivity contribution in [2.45, 2.75) is 25.6 Å². The van der Waals surface area contributed by atoms with Crippen molar-refractivity contribution in [3.05, 3.63) is 47.9 Å². The van der Waals surface area contributed by atoms with Gasteiger partial charge in [0.05, 0.1) is 17.8 Å². The minimum Gasteiger partial charge on any atom is -0.357 e. The predicted molar refractivity (Wildman–Crippen MR) is 92.8 cm³/mol. The molecule has 0 amide bonds. The summed E-state index contributed by atoms with van der Waals surface area (Å²) in [6.45, 7) is 0.851. The molecule has 8 heteroatoms. The van der Waals surface area contributed by atoms with Crippen LogP contribution in [0.4, 0.5) is 34.8 Å². The highest BCUT2D eigenvalue weighted by molar-refractivity contribution is 5.61. The Bertz CT molecular complexity index is 738. The summed E-state index contributed by atoms with van der Waals surface area (Å²) in [5, 5.41) is 2.94. The van der Waals surface area contributed by atoms with Crippen molar-refractivity contribution in [1.29, 1.82) is 0 Å². The van der Waals surface area contributed by atoms with Crippen LogP contribution in [0.15, 0.2) is 36.5 Å². The van der Waals surface area contributed by atoms with Gasteiger partial charge in [-0.25, -0.2) is 9.37 Å². The van der Waals surface area contributed by atoms with Gasteiger partial charge in [-0.3, -0.25) is 0 Å². The lowest BCUT2D eigenvalue weighted by Gasteiger charge is -2.33. The molecule has 1 saturated heterocycles. The van der Waals surface area contributed by atoms with Gasteiger partial charge in [-0.1, -0.05) is 12.1 Å². The van der Waals surface area contributed by atoms with Crippen molar-refractivity contribution in [1.82, 2.24) is 4.98 Å². The molecule has 2 aromatic rings. The highest BCUT2D eigenvalue weighted by Crippen LogP contribution is 2.35. The molecule has 0 atom stereocenters. The van der Waals surface area contributed by atoms with Gasteiger partial charge in [0.2, 0.25) is 0 Å². The Morgan fingerprint density at radius 3 is 2.35 bits per heavy atom. The van der Waals surface area contributed by atoms with Gasteiger partial charge >= 0.3 is 6.18 Å². The van der Waals surface area contributed by atoms with Gasteiger partial charge in [0.25, 0.3) is 0 Å². The molecular formula is C18H20F4N4. The van der Waals surface area contributed by atoms with Crippen molar-refractivity contribution >= 4 is 17.2 Å². The molecule has 1 fully saturated rings. The molecule has 26 heavy (non-hydrogen) atoms. The average molecular weight is 368 g/mol. The highest BCUT2D eigenvalue weighted by Gasteiger charge is 2.41. The number of hydrogen-bond acceptors (Lipinski definition) is 4. The number of aromatic nitrogens is 1. The molecule has 1 aliphatic heterocycles. The Kier molecular flexibility index (Phi) is 5.31. The Hall–Kier alpha value is -2.35. The largest absolute Gasteiger partial charge is 0.391 e. The molecule has 140 valence electrons. The molecule has 0 unspecified atom stereocenters. The van der Waals surface area contributed by atoms with Gasteiger partial charge in [-0.2, -0.15) is 13.2 Å². The fraction of sp³-hybridized carbons (Fsp3) is 0.389. The molecule has 0 bridgehead atoms. The average Bonchev–Trinajstić information content (AvgIpc) is 2.63. The Labute approximate surface area is 149 Å². The monoisotopic (exact) mass is 368 g/mol. The smallest absolute Gasteiger partial charge is 0.357 e. The minimum atomic E-state index is -4.17. The van der Waals surface area contributed by atoms with Crippen LogP contribution in [0.25, 0.3) is 0 Å². The summed E-state index contributed by atoms with van der Waals surface area (Å²) in [5.41, 5.74) is 7.41. The van der Waals surface area contributed by atoms with Crippen molar-refractivity contribution in [3.8, 4) is 0 Å². The molecule has 2 heterocycles. The minimum absolute atomic E-state index is 0.000290. The molecule has 4 nitrogen and oxygen atoms in total. The first-order valence-corrected chi connectivity index (χ1v) is 8.40. The van der Waals surface area contributed by atoms with E-state index in [0.29, 0.717) is 18.1 Å². The van der Waals surface area contributed by atoms with E-state index in [2.05, 4.69) is 10.3 Å². The number of rotatable bonds is 4. The second-order valence-corrected chi connectivity index (χ2v) is 6.35. The van der Waals surface area contributed by atoms with Crippen LogP contribution in [0.2, 0.25) is 0 Å². The van der Waals surface area contributed by atoms with Crippen molar-refractivity contribution in [2.75, 3.05) is 23.3 Å². The molecule has 1 aromatic heterocycles. The summed E-state index contributed by atoms with van der Waals surface area (Å²) >= 11 is 0. The first kappa shape index (κ1) is 18.4. The highest BCUT2D eigenvalue weighted by atomic mass is 19.4. The molecule has 0 saturated carbocycles. The van der Waals surface area contributed by atoms with E-state index in [9.17, 15) is 17.6 Å². The lowest BCUT2D eigenvalue weighted by Crippen LogP contribution is -2.39. The molecule has 0 aliphatic carbocycles. The van der Waals surface area contributed by atoms with Gasteiger partial charge in [0.15, 0.2) is 5.82 Å². The molecule has 0 spiro atoms. The van der Waals surface area contributed by atoms with Crippen LogP contribution in [-0.4, -0.2) is 24.2 Å². The first-order valence-electron chi connectivity index (χ1n) is 8.40. The quantitative estimate of drug-likeness (QED) is 0.794. The number of benzene rings is 1. The summed E-state index contributed by atoms with van der Waals surface area (Å²) in [6, 6.07) is 8.51. The van der Waals surface area contributed by atoms with E-state index in [0.717, 1.165) is 5.56 Å². The number of piperidine rings is 1. The maximum atomic E-state index is 14.4. The van der Waals surface area contributed by atoms with E-state index < -0.39 is 17.9 Å². The number of alkyl halides is 3. The van der Waals surface area contributed by atoms with Crippen LogP contribution in [0.1, 0.15) is 18.4 Å². The second kappa shape index (κ2) is 7.49. The van der Waals surface area contributed by atoms with Crippen molar-refractivity contribution < 1.29 is 17.6 Å². The second-order valence-electron chi connectivity index (χ2n) is 6.35. The zero-order valence-corrected chi connectivity index (χ0v) is 14.1. The van der Waals surface area contributed by atoms with Crippen LogP contribution >= 0.6 is 0 Å². The topological polar surface area (TPSA) is 54.2 Å². The van der Waals surface area contributed by atoms with E-state index in [1.807, 2.05) is 12.1 Å². The van der Waals surface area contributed by atoms with Crippen LogP contribution < -0.4 is 16.0 Å². The fourth-order valence-corrected chi connectivity index (χ4v) is 3.00. The maximum absolute atomic E-state index is 14.4. The van der Waals surface area contributed by atoms with Gasteiger partial charge in [-0.15, -0.1) is 0 Å². The van der Waals surface area contributed by atoms with E-state index in [1.165, 1.54) is 12.3 Å². The number of nitrogens with two attached hydrogens (primary N) is 1. The maximum Gasteiger partial charge on any atom is 0.391 e. The third-order valence-corrected chi connectivity index (χ3v) is 4.59. The summed E-state index contributed by atoms with van der Waals surface area (Å²) < 4.78 is 52.6. The van der Waals surface area contributed by atoms with Gasteiger partial charge < -0.3 is 16.0 Å². The third-order valence-electron chi connectivity index (χ3n) is 4.59. The Morgan fingerprint density at radius 2 is 1.81 bits per heavy atom. The molecule has 1 aromatic carbocycles. The lowest BCUT2D eigenvalue weighted by molar-refractivity contribution is -0.179. The number of halogens is 4. The Morgan fingerprint density at radius 1 is 1.15 bits per heavy atom. The van der Waals surface area contributed by atoms with Crippen LogP contribution in [0.5, 0.6) is 0 Å². The number of hydrogen-bond donors (Lipinski definition) is 2. The summed E-state index contributed by atoms with van der Waals surface area (Å²) in [5.74, 6) is -1.44. The van der Waals surface area contributed by atoms with E-state index >= 15 is 0 Å². The number of nitrogens with zero attached hydrogens (tertiary/aromatic N) is 2. The van der Waals surface area contributed by atoms with E-state index in [4.69, 9.17) is 5.73 Å². The van der Waals surface area contributed by atoms with Crippen molar-refractivity contribution in [3.63, 3.8) is 0 Å². The van der Waals surface area contributed by atoms with Crippen LogP contribution in [0.3, 0.4) is 0 Å².